The molecule has 0 bridgehead atoms. The lowest BCUT2D eigenvalue weighted by molar-refractivity contribution is -0.184. The van der Waals surface area contributed by atoms with E-state index in [1.165, 1.54) is 4.90 Å². The Kier molecular flexibility index (Phi) is 7.77. The first kappa shape index (κ1) is 24.0. The lowest BCUT2D eigenvalue weighted by atomic mass is 9.89. The standard InChI is InChI=1S/C23H24Cl2N2O5/c1-2-3-17(22(26)30)27-20(13-4-8-15(24)9-5-13)21(14-6-10-16(25)11-7-14)32-18(23(27)31)12-19(28)29/h4-11,17-18,20-21H,2-3,12H2,1H3,(H2,26,30)(H,28,29)/t17-,18+,20?,21+/m1/s1. The van der Waals surface area contributed by atoms with Crippen LogP contribution in [0, 0.1) is 0 Å². The van der Waals surface area contributed by atoms with Gasteiger partial charge in [-0.3, -0.25) is 14.4 Å². The molecule has 0 aliphatic carbocycles. The molecule has 3 N–H and O–H groups in total. The van der Waals surface area contributed by atoms with Crippen LogP contribution in [0.4, 0.5) is 0 Å². The van der Waals surface area contributed by atoms with Gasteiger partial charge >= 0.3 is 5.97 Å². The Hall–Kier alpha value is -2.61. The van der Waals surface area contributed by atoms with Gasteiger partial charge in [0.15, 0.2) is 0 Å². The van der Waals surface area contributed by atoms with Gasteiger partial charge in [0.25, 0.3) is 5.91 Å². The lowest BCUT2D eigenvalue weighted by Crippen LogP contribution is -2.58. The van der Waals surface area contributed by atoms with Crippen molar-refractivity contribution in [2.24, 2.45) is 5.73 Å². The van der Waals surface area contributed by atoms with E-state index >= 15 is 0 Å². The number of nitrogens with zero attached hydrogens (tertiary/aromatic N) is 1. The largest absolute Gasteiger partial charge is 0.481 e. The van der Waals surface area contributed by atoms with Crippen molar-refractivity contribution in [3.05, 3.63) is 69.7 Å². The van der Waals surface area contributed by atoms with Crippen LogP contribution in [0.2, 0.25) is 10.0 Å². The minimum absolute atomic E-state index is 0.332. The van der Waals surface area contributed by atoms with Crippen LogP contribution in [0.15, 0.2) is 48.5 Å². The second-order valence-corrected chi connectivity index (χ2v) is 8.52. The first-order chi connectivity index (χ1) is 15.2. The molecule has 2 aromatic carbocycles. The molecule has 32 heavy (non-hydrogen) atoms. The van der Waals surface area contributed by atoms with E-state index < -0.39 is 48.5 Å². The smallest absolute Gasteiger partial charge is 0.306 e. The predicted octanol–water partition coefficient (Wildman–Crippen LogP) is 4.13. The highest BCUT2D eigenvalue weighted by Crippen LogP contribution is 2.44. The zero-order valence-electron chi connectivity index (χ0n) is 17.4. The number of nitrogens with two attached hydrogens (primary N) is 1. The first-order valence-corrected chi connectivity index (χ1v) is 11.0. The van der Waals surface area contributed by atoms with E-state index in [4.69, 9.17) is 33.7 Å². The van der Waals surface area contributed by atoms with E-state index in [9.17, 15) is 19.5 Å². The van der Waals surface area contributed by atoms with E-state index in [2.05, 4.69) is 0 Å². The molecule has 7 nitrogen and oxygen atoms in total. The minimum atomic E-state index is -1.27. The molecule has 1 aliphatic rings. The average Bonchev–Trinajstić information content (AvgIpc) is 2.74. The number of aliphatic carboxylic acids is 1. The number of carbonyl (C=O) groups excluding carboxylic acids is 2. The molecule has 0 saturated carbocycles. The number of carboxylic acid groups (broad SMARTS) is 1. The second-order valence-electron chi connectivity index (χ2n) is 7.64. The fourth-order valence-electron chi connectivity index (χ4n) is 4.00. The summed E-state index contributed by atoms with van der Waals surface area (Å²) < 4.78 is 6.07. The SMILES string of the molecule is CCC[C@H](C(N)=O)N1C(=O)[C@H](CC(=O)O)O[C@@H](c2ccc(Cl)cc2)C1c1ccc(Cl)cc1. The topological polar surface area (TPSA) is 110 Å². The molecule has 1 saturated heterocycles. The Morgan fingerprint density at radius 3 is 2.06 bits per heavy atom. The highest BCUT2D eigenvalue weighted by atomic mass is 35.5. The van der Waals surface area contributed by atoms with Gasteiger partial charge in [0, 0.05) is 10.0 Å². The van der Waals surface area contributed by atoms with Gasteiger partial charge in [0.1, 0.15) is 18.2 Å². The van der Waals surface area contributed by atoms with Crippen LogP contribution in [-0.2, 0) is 19.1 Å². The summed E-state index contributed by atoms with van der Waals surface area (Å²) in [5.41, 5.74) is 7.06. The fourth-order valence-corrected chi connectivity index (χ4v) is 4.25. The van der Waals surface area contributed by atoms with E-state index in [1.807, 2.05) is 6.92 Å². The maximum Gasteiger partial charge on any atom is 0.306 e. The number of benzene rings is 2. The number of rotatable bonds is 8. The fraction of sp³-hybridized carbons (Fsp3) is 0.348. The molecular weight excluding hydrogens is 455 g/mol. The van der Waals surface area contributed by atoms with Gasteiger partial charge < -0.3 is 20.5 Å². The van der Waals surface area contributed by atoms with E-state index in [-0.39, 0.29) is 0 Å². The molecular formula is C23H24Cl2N2O5. The summed E-state index contributed by atoms with van der Waals surface area (Å²) in [6.45, 7) is 1.88. The van der Waals surface area contributed by atoms with Gasteiger partial charge in [0.05, 0.1) is 12.5 Å². The van der Waals surface area contributed by atoms with Crippen LogP contribution < -0.4 is 5.73 Å². The Labute approximate surface area is 196 Å². The summed E-state index contributed by atoms with van der Waals surface area (Å²) in [7, 11) is 0. The maximum absolute atomic E-state index is 13.4. The van der Waals surface area contributed by atoms with Crippen molar-refractivity contribution in [1.29, 1.82) is 0 Å². The molecule has 0 spiro atoms. The van der Waals surface area contributed by atoms with Crippen molar-refractivity contribution in [3.63, 3.8) is 0 Å². The number of carboxylic acids is 1. The molecule has 1 unspecified atom stereocenters. The summed E-state index contributed by atoms with van der Waals surface area (Å²) >= 11 is 12.1. The van der Waals surface area contributed by atoms with E-state index in [0.29, 0.717) is 34.0 Å². The molecule has 2 amide bonds. The highest BCUT2D eigenvalue weighted by Gasteiger charge is 2.48. The van der Waals surface area contributed by atoms with Gasteiger partial charge in [0.2, 0.25) is 5.91 Å². The summed E-state index contributed by atoms with van der Waals surface area (Å²) in [4.78, 5) is 38.7. The predicted molar refractivity (Wildman–Crippen MR) is 120 cm³/mol. The van der Waals surface area contributed by atoms with Gasteiger partial charge in [-0.15, -0.1) is 0 Å². The van der Waals surface area contributed by atoms with Crippen molar-refractivity contribution >= 4 is 41.0 Å². The summed E-state index contributed by atoms with van der Waals surface area (Å²) in [5.74, 6) is -2.44. The Balaban J connectivity index is 2.19. The Morgan fingerprint density at radius 1 is 1.06 bits per heavy atom. The summed E-state index contributed by atoms with van der Waals surface area (Å²) in [6.07, 6.45) is -1.63. The number of primary amides is 1. The van der Waals surface area contributed by atoms with Crippen molar-refractivity contribution in [2.45, 2.75) is 50.5 Å². The summed E-state index contributed by atoms with van der Waals surface area (Å²) in [5, 5.41) is 10.4. The zero-order chi connectivity index (χ0) is 23.4. The van der Waals surface area contributed by atoms with Gasteiger partial charge in [-0.1, -0.05) is 60.8 Å². The number of ether oxygens (including phenoxy) is 1. The molecule has 0 aromatic heterocycles. The Morgan fingerprint density at radius 2 is 1.59 bits per heavy atom. The average molecular weight is 479 g/mol. The molecule has 170 valence electrons. The molecule has 4 atom stereocenters. The molecule has 0 radical (unpaired) electrons. The van der Waals surface area contributed by atoms with E-state index in [0.717, 1.165) is 0 Å². The van der Waals surface area contributed by atoms with Crippen LogP contribution in [0.3, 0.4) is 0 Å². The van der Waals surface area contributed by atoms with Gasteiger partial charge in [-0.25, -0.2) is 0 Å². The third-order valence-corrected chi connectivity index (χ3v) is 5.93. The quantitative estimate of drug-likeness (QED) is 0.592. The van der Waals surface area contributed by atoms with Crippen molar-refractivity contribution < 1.29 is 24.2 Å². The van der Waals surface area contributed by atoms with Crippen LogP contribution in [0.1, 0.15) is 49.5 Å². The summed E-state index contributed by atoms with van der Waals surface area (Å²) in [6, 6.07) is 12.1. The number of morpholine rings is 1. The molecule has 9 heteroatoms. The van der Waals surface area contributed by atoms with E-state index in [1.54, 1.807) is 48.5 Å². The highest BCUT2D eigenvalue weighted by molar-refractivity contribution is 6.30. The Bertz CT molecular complexity index is 981. The minimum Gasteiger partial charge on any atom is -0.481 e. The maximum atomic E-state index is 13.4. The number of hydrogen-bond donors (Lipinski definition) is 2. The first-order valence-electron chi connectivity index (χ1n) is 10.2. The number of halogens is 2. The third kappa shape index (κ3) is 5.23. The van der Waals surface area contributed by atoms with Crippen LogP contribution >= 0.6 is 23.2 Å². The number of amides is 2. The number of carbonyl (C=O) groups is 3. The molecule has 1 fully saturated rings. The lowest BCUT2D eigenvalue weighted by Gasteiger charge is -2.47. The third-order valence-electron chi connectivity index (χ3n) is 5.42. The van der Waals surface area contributed by atoms with Crippen molar-refractivity contribution in [2.75, 3.05) is 0 Å². The number of hydrogen-bond acceptors (Lipinski definition) is 4. The van der Waals surface area contributed by atoms with Crippen LogP contribution in [-0.4, -0.2) is 39.9 Å². The van der Waals surface area contributed by atoms with Crippen molar-refractivity contribution in [3.8, 4) is 0 Å². The molecule has 2 aromatic rings. The normalized spacial score (nSPS) is 21.9. The van der Waals surface area contributed by atoms with Gasteiger partial charge in [-0.2, -0.15) is 0 Å². The van der Waals surface area contributed by atoms with Crippen LogP contribution in [0.25, 0.3) is 0 Å². The zero-order valence-corrected chi connectivity index (χ0v) is 18.9. The second kappa shape index (κ2) is 10.3. The molecule has 1 heterocycles. The molecule has 1 aliphatic heterocycles. The molecule has 3 rings (SSSR count). The van der Waals surface area contributed by atoms with Crippen LogP contribution in [0.5, 0.6) is 0 Å². The monoisotopic (exact) mass is 478 g/mol. The van der Waals surface area contributed by atoms with Crippen molar-refractivity contribution in [1.82, 2.24) is 4.90 Å². The van der Waals surface area contributed by atoms with Gasteiger partial charge in [-0.05, 0) is 41.8 Å².